The predicted octanol–water partition coefficient (Wildman–Crippen LogP) is -1.12. The Hall–Kier alpha value is -1.66. The second kappa shape index (κ2) is 6.01. The molecule has 1 fully saturated rings. The summed E-state index contributed by atoms with van der Waals surface area (Å²) < 4.78 is 35.1. The van der Waals surface area contributed by atoms with Crippen molar-refractivity contribution >= 4 is 24.7 Å². The van der Waals surface area contributed by atoms with Crippen molar-refractivity contribution in [3.8, 4) is 0 Å². The van der Waals surface area contributed by atoms with Crippen LogP contribution in [0.4, 0.5) is 10.2 Å². The van der Waals surface area contributed by atoms with Crippen LogP contribution in [0.2, 0.25) is 0 Å². The molecule has 0 bridgehead atoms. The molecular formula is C11H14FN4O7P. The summed E-state index contributed by atoms with van der Waals surface area (Å²) in [7, 11) is -4.76. The van der Waals surface area contributed by atoms with Gasteiger partial charge in [0.05, 0.1) is 18.5 Å². The number of aliphatic hydroxyl groups is 2. The molecule has 0 amide bonds. The van der Waals surface area contributed by atoms with E-state index in [-0.39, 0.29) is 16.9 Å². The van der Waals surface area contributed by atoms with Crippen molar-refractivity contribution in [2.45, 2.75) is 24.5 Å². The number of ether oxygens (including phenoxy) is 1. The van der Waals surface area contributed by atoms with Crippen LogP contribution in [0.15, 0.2) is 12.4 Å². The van der Waals surface area contributed by atoms with Crippen molar-refractivity contribution in [2.24, 2.45) is 0 Å². The number of rotatable bonds is 4. The van der Waals surface area contributed by atoms with E-state index in [1.165, 1.54) is 10.9 Å². The smallest absolute Gasteiger partial charge is 0.387 e. The van der Waals surface area contributed by atoms with E-state index in [2.05, 4.69) is 14.5 Å². The standard InChI is InChI=1S/C11H14FN4O7P/c12-6-1-4-7(10(13)15-6)14-3-16(4)11-9(18)8(17)5(23-11)2-22-24(19,20)21/h1,3,5,8-9,11,17-18H,2H2,(H2,13,15)(H2,19,20,21). The molecule has 132 valence electrons. The zero-order chi connectivity index (χ0) is 17.6. The Bertz CT molecular complexity index is 811. The lowest BCUT2D eigenvalue weighted by Gasteiger charge is -2.17. The van der Waals surface area contributed by atoms with Gasteiger partial charge in [0.25, 0.3) is 0 Å². The van der Waals surface area contributed by atoms with E-state index in [1.807, 2.05) is 0 Å². The summed E-state index contributed by atoms with van der Waals surface area (Å²) in [6.07, 6.45) is -4.13. The first-order chi connectivity index (χ1) is 11.2. The number of pyridine rings is 1. The van der Waals surface area contributed by atoms with Gasteiger partial charge >= 0.3 is 7.82 Å². The fourth-order valence-corrected chi connectivity index (χ4v) is 2.84. The average Bonchev–Trinajstić information content (AvgIpc) is 3.00. The Morgan fingerprint density at radius 2 is 2.12 bits per heavy atom. The first-order valence-corrected chi connectivity index (χ1v) is 8.20. The number of hydrogen-bond acceptors (Lipinski definition) is 8. The molecule has 4 atom stereocenters. The molecule has 4 unspecified atom stereocenters. The van der Waals surface area contributed by atoms with Crippen molar-refractivity contribution in [2.75, 3.05) is 12.3 Å². The topological polar surface area (TPSA) is 173 Å². The SMILES string of the molecule is Nc1nc(F)cc2c1ncn2C1OC(COP(=O)(O)O)C(O)C1O. The lowest BCUT2D eigenvalue weighted by Crippen LogP contribution is -2.33. The van der Waals surface area contributed by atoms with Crippen molar-refractivity contribution in [1.82, 2.24) is 14.5 Å². The summed E-state index contributed by atoms with van der Waals surface area (Å²) in [6, 6.07) is 1.03. The summed E-state index contributed by atoms with van der Waals surface area (Å²) in [5.74, 6) is -1.02. The summed E-state index contributed by atoms with van der Waals surface area (Å²) in [6.45, 7) is -0.649. The first kappa shape index (κ1) is 17.2. The fraction of sp³-hybridized carbons (Fsp3) is 0.455. The molecule has 0 saturated carbocycles. The molecule has 0 aliphatic carbocycles. The third-order valence-electron chi connectivity index (χ3n) is 3.58. The number of hydrogen-bond donors (Lipinski definition) is 5. The van der Waals surface area contributed by atoms with E-state index in [9.17, 15) is 19.2 Å². The van der Waals surface area contributed by atoms with Crippen LogP contribution in [0.5, 0.6) is 0 Å². The Labute approximate surface area is 133 Å². The number of phosphoric ester groups is 1. The van der Waals surface area contributed by atoms with Gasteiger partial charge in [-0.1, -0.05) is 0 Å². The molecule has 0 spiro atoms. The van der Waals surface area contributed by atoms with Gasteiger partial charge in [0.1, 0.15) is 23.8 Å². The normalized spacial score (nSPS) is 27.9. The van der Waals surface area contributed by atoms with Crippen molar-refractivity contribution in [3.05, 3.63) is 18.3 Å². The summed E-state index contributed by atoms with van der Waals surface area (Å²) >= 11 is 0. The van der Waals surface area contributed by atoms with E-state index in [0.29, 0.717) is 0 Å². The van der Waals surface area contributed by atoms with E-state index >= 15 is 0 Å². The molecule has 3 rings (SSSR count). The quantitative estimate of drug-likeness (QED) is 0.330. The molecule has 2 aromatic rings. The van der Waals surface area contributed by atoms with E-state index < -0.39 is 44.9 Å². The number of aliphatic hydroxyl groups excluding tert-OH is 2. The number of anilines is 1. The number of imidazole rings is 1. The van der Waals surface area contributed by atoms with E-state index in [1.54, 1.807) is 0 Å². The molecule has 2 aromatic heterocycles. The van der Waals surface area contributed by atoms with Gasteiger partial charge in [-0.25, -0.2) is 14.5 Å². The van der Waals surface area contributed by atoms with Crippen molar-refractivity contribution in [1.29, 1.82) is 0 Å². The van der Waals surface area contributed by atoms with Crippen LogP contribution < -0.4 is 5.73 Å². The fourth-order valence-electron chi connectivity index (χ4n) is 2.49. The Morgan fingerprint density at radius 1 is 1.42 bits per heavy atom. The van der Waals surface area contributed by atoms with Crippen molar-refractivity contribution in [3.63, 3.8) is 0 Å². The summed E-state index contributed by atoms with van der Waals surface area (Å²) in [5, 5.41) is 20.1. The van der Waals surface area contributed by atoms with Gasteiger partial charge in [0, 0.05) is 6.07 Å². The lowest BCUT2D eigenvalue weighted by atomic mass is 10.1. The van der Waals surface area contributed by atoms with Gasteiger partial charge in [-0.2, -0.15) is 4.39 Å². The van der Waals surface area contributed by atoms with Crippen LogP contribution in [0.3, 0.4) is 0 Å². The third-order valence-corrected chi connectivity index (χ3v) is 4.06. The second-order valence-corrected chi connectivity index (χ2v) is 6.42. The second-order valence-electron chi connectivity index (χ2n) is 5.18. The average molecular weight is 364 g/mol. The highest BCUT2D eigenvalue weighted by molar-refractivity contribution is 7.46. The molecule has 24 heavy (non-hydrogen) atoms. The highest BCUT2D eigenvalue weighted by atomic mass is 31.2. The van der Waals surface area contributed by atoms with Crippen molar-refractivity contribution < 1.29 is 38.2 Å². The third kappa shape index (κ3) is 3.13. The van der Waals surface area contributed by atoms with Crippen LogP contribution in [-0.4, -0.2) is 59.5 Å². The molecule has 3 heterocycles. The molecule has 1 saturated heterocycles. The number of aromatic nitrogens is 3. The van der Waals surface area contributed by atoms with Crippen LogP contribution in [0.25, 0.3) is 11.0 Å². The molecule has 1 aliphatic rings. The zero-order valence-corrected chi connectivity index (χ0v) is 12.8. The number of phosphoric acid groups is 1. The van der Waals surface area contributed by atoms with E-state index in [4.69, 9.17) is 20.3 Å². The highest BCUT2D eigenvalue weighted by Gasteiger charge is 2.45. The Morgan fingerprint density at radius 3 is 2.79 bits per heavy atom. The van der Waals surface area contributed by atoms with Gasteiger partial charge in [-0.15, -0.1) is 0 Å². The minimum atomic E-state index is -4.76. The minimum absolute atomic E-state index is 0.154. The molecular weight excluding hydrogens is 350 g/mol. The largest absolute Gasteiger partial charge is 0.469 e. The molecule has 13 heteroatoms. The summed E-state index contributed by atoms with van der Waals surface area (Å²) in [5.41, 5.74) is 5.92. The number of nitrogens with two attached hydrogens (primary N) is 1. The van der Waals surface area contributed by atoms with Crippen LogP contribution in [0, 0.1) is 5.95 Å². The molecule has 11 nitrogen and oxygen atoms in total. The maximum absolute atomic E-state index is 13.5. The van der Waals surface area contributed by atoms with Gasteiger partial charge in [-0.05, 0) is 0 Å². The monoisotopic (exact) mass is 364 g/mol. The number of nitrogen functional groups attached to an aromatic ring is 1. The summed E-state index contributed by atoms with van der Waals surface area (Å²) in [4.78, 5) is 24.8. The van der Waals surface area contributed by atoms with Gasteiger partial charge < -0.3 is 35.0 Å². The van der Waals surface area contributed by atoms with Gasteiger partial charge in [0.15, 0.2) is 12.0 Å². The minimum Gasteiger partial charge on any atom is -0.387 e. The number of halogens is 1. The maximum Gasteiger partial charge on any atom is 0.469 e. The Balaban J connectivity index is 1.89. The number of fused-ring (bicyclic) bond motifs is 1. The molecule has 1 aliphatic heterocycles. The first-order valence-electron chi connectivity index (χ1n) is 6.67. The Kier molecular flexibility index (Phi) is 4.30. The van der Waals surface area contributed by atoms with Crippen LogP contribution in [-0.2, 0) is 13.8 Å². The lowest BCUT2D eigenvalue weighted by molar-refractivity contribution is -0.0501. The highest BCUT2D eigenvalue weighted by Crippen LogP contribution is 2.39. The van der Waals surface area contributed by atoms with Crippen LogP contribution in [0.1, 0.15) is 6.23 Å². The number of nitrogens with zero attached hydrogens (tertiary/aromatic N) is 3. The van der Waals surface area contributed by atoms with Gasteiger partial charge in [-0.3, -0.25) is 4.52 Å². The molecule has 6 N–H and O–H groups in total. The zero-order valence-electron chi connectivity index (χ0n) is 11.9. The predicted molar refractivity (Wildman–Crippen MR) is 75.8 cm³/mol. The maximum atomic E-state index is 13.5. The van der Waals surface area contributed by atoms with E-state index in [0.717, 1.165) is 6.07 Å². The molecule has 0 aromatic carbocycles. The van der Waals surface area contributed by atoms with Crippen LogP contribution >= 0.6 is 7.82 Å². The molecule has 0 radical (unpaired) electrons. The van der Waals surface area contributed by atoms with Gasteiger partial charge in [0.2, 0.25) is 5.95 Å².